The van der Waals surface area contributed by atoms with Gasteiger partial charge in [-0.1, -0.05) is 34.6 Å². The first kappa shape index (κ1) is 9.96. The van der Waals surface area contributed by atoms with Crippen molar-refractivity contribution in [2.24, 2.45) is 23.5 Å². The van der Waals surface area contributed by atoms with Crippen molar-refractivity contribution in [1.29, 1.82) is 0 Å². The second-order valence-corrected chi connectivity index (χ2v) is 3.92. The predicted octanol–water partition coefficient (Wildman–Crippen LogP) is 2.26. The highest BCUT2D eigenvalue weighted by atomic mass is 14.7. The van der Waals surface area contributed by atoms with Gasteiger partial charge in [-0.3, -0.25) is 0 Å². The largest absolute Gasteiger partial charge is 0.327 e. The Hall–Kier alpha value is -0.0400. The Morgan fingerprint density at radius 3 is 1.30 bits per heavy atom. The molecular weight excluding hydrogens is 122 g/mol. The van der Waals surface area contributed by atoms with Gasteiger partial charge in [0.05, 0.1) is 0 Å². The lowest BCUT2D eigenvalue weighted by atomic mass is 9.85. The van der Waals surface area contributed by atoms with Crippen LogP contribution in [0.25, 0.3) is 0 Å². The summed E-state index contributed by atoms with van der Waals surface area (Å²) in [6.45, 7) is 11.1. The van der Waals surface area contributed by atoms with E-state index in [-0.39, 0.29) is 0 Å². The topological polar surface area (TPSA) is 26.0 Å². The van der Waals surface area contributed by atoms with Crippen LogP contribution in [0.4, 0.5) is 0 Å². The Labute approximate surface area is 65.0 Å². The van der Waals surface area contributed by atoms with Crippen molar-refractivity contribution in [2.45, 2.75) is 40.7 Å². The van der Waals surface area contributed by atoms with Gasteiger partial charge in [-0.25, -0.2) is 0 Å². The minimum atomic E-state index is 0.361. The van der Waals surface area contributed by atoms with Crippen LogP contribution < -0.4 is 5.73 Å². The van der Waals surface area contributed by atoms with Gasteiger partial charge < -0.3 is 5.73 Å². The summed E-state index contributed by atoms with van der Waals surface area (Å²) < 4.78 is 0. The van der Waals surface area contributed by atoms with Crippen molar-refractivity contribution in [3.63, 3.8) is 0 Å². The number of nitrogens with two attached hydrogens (primary N) is 1. The van der Waals surface area contributed by atoms with Crippen LogP contribution in [0.3, 0.4) is 0 Å². The van der Waals surface area contributed by atoms with E-state index in [1.54, 1.807) is 0 Å². The first-order chi connectivity index (χ1) is 4.46. The molecule has 0 aromatic rings. The maximum Gasteiger partial charge on any atom is 0.00901 e. The highest BCUT2D eigenvalue weighted by Crippen LogP contribution is 2.17. The summed E-state index contributed by atoms with van der Waals surface area (Å²) in [6, 6.07) is 0.361. The summed E-state index contributed by atoms with van der Waals surface area (Å²) in [4.78, 5) is 0. The van der Waals surface area contributed by atoms with E-state index in [0.717, 1.165) is 0 Å². The molecule has 0 spiro atoms. The summed E-state index contributed by atoms with van der Waals surface area (Å²) in [6.07, 6.45) is 0. The highest BCUT2D eigenvalue weighted by Gasteiger charge is 2.18. The van der Waals surface area contributed by atoms with Crippen molar-refractivity contribution in [3.8, 4) is 0 Å². The molecule has 2 atom stereocenters. The molecule has 0 rings (SSSR count). The number of hydrogen-bond acceptors (Lipinski definition) is 1. The second kappa shape index (κ2) is 3.97. The predicted molar refractivity (Wildman–Crippen MR) is 46.8 cm³/mol. The molecule has 0 amide bonds. The van der Waals surface area contributed by atoms with Crippen LogP contribution in [0.5, 0.6) is 0 Å². The van der Waals surface area contributed by atoms with Gasteiger partial charge in [0.15, 0.2) is 0 Å². The Kier molecular flexibility index (Phi) is 3.95. The van der Waals surface area contributed by atoms with Gasteiger partial charge in [0.1, 0.15) is 0 Å². The lowest BCUT2D eigenvalue weighted by molar-refractivity contribution is 0.290. The average molecular weight is 143 g/mol. The first-order valence-corrected chi connectivity index (χ1v) is 4.22. The highest BCUT2D eigenvalue weighted by molar-refractivity contribution is 4.74. The van der Waals surface area contributed by atoms with E-state index in [0.29, 0.717) is 23.8 Å². The van der Waals surface area contributed by atoms with Crippen molar-refractivity contribution >= 4 is 0 Å². The van der Waals surface area contributed by atoms with Crippen LogP contribution in [0.1, 0.15) is 34.6 Å². The molecule has 0 aliphatic heterocycles. The summed E-state index contributed by atoms with van der Waals surface area (Å²) in [7, 11) is 0. The molecule has 0 heterocycles. The maximum atomic E-state index is 5.96. The zero-order chi connectivity index (χ0) is 8.31. The van der Waals surface area contributed by atoms with Crippen LogP contribution in [-0.4, -0.2) is 6.04 Å². The van der Waals surface area contributed by atoms with Gasteiger partial charge in [-0.2, -0.15) is 0 Å². The molecule has 0 saturated carbocycles. The van der Waals surface area contributed by atoms with Gasteiger partial charge in [-0.05, 0) is 17.8 Å². The number of rotatable bonds is 3. The SMILES string of the molecule is CC(C)C(C)C(N)C(C)C. The minimum absolute atomic E-state index is 0.361. The third-order valence-corrected chi connectivity index (χ3v) is 2.43. The van der Waals surface area contributed by atoms with Crippen LogP contribution in [0.2, 0.25) is 0 Å². The fourth-order valence-electron chi connectivity index (χ4n) is 1.05. The van der Waals surface area contributed by atoms with E-state index in [1.807, 2.05) is 0 Å². The van der Waals surface area contributed by atoms with Crippen LogP contribution in [0, 0.1) is 17.8 Å². The zero-order valence-electron chi connectivity index (χ0n) is 7.89. The van der Waals surface area contributed by atoms with Gasteiger partial charge in [0.25, 0.3) is 0 Å². The lowest BCUT2D eigenvalue weighted by Gasteiger charge is -2.26. The van der Waals surface area contributed by atoms with Gasteiger partial charge in [0, 0.05) is 6.04 Å². The molecule has 0 aliphatic rings. The monoisotopic (exact) mass is 143 g/mol. The summed E-state index contributed by atoms with van der Waals surface area (Å²) >= 11 is 0. The molecule has 62 valence electrons. The third-order valence-electron chi connectivity index (χ3n) is 2.43. The van der Waals surface area contributed by atoms with E-state index in [4.69, 9.17) is 5.73 Å². The lowest BCUT2D eigenvalue weighted by Crippen LogP contribution is -2.36. The van der Waals surface area contributed by atoms with E-state index in [2.05, 4.69) is 34.6 Å². The average Bonchev–Trinajstić information content (AvgIpc) is 1.84. The van der Waals surface area contributed by atoms with Gasteiger partial charge in [-0.15, -0.1) is 0 Å². The quantitative estimate of drug-likeness (QED) is 0.644. The molecule has 0 bridgehead atoms. The molecule has 2 N–H and O–H groups in total. The summed E-state index contributed by atoms with van der Waals surface area (Å²) in [5, 5.41) is 0. The number of hydrogen-bond donors (Lipinski definition) is 1. The fourth-order valence-corrected chi connectivity index (χ4v) is 1.05. The van der Waals surface area contributed by atoms with Crippen molar-refractivity contribution < 1.29 is 0 Å². The molecule has 0 saturated heterocycles. The first-order valence-electron chi connectivity index (χ1n) is 4.22. The Morgan fingerprint density at radius 1 is 0.800 bits per heavy atom. The Bertz CT molecular complexity index is 74.7. The standard InChI is InChI=1S/C9H21N/c1-6(2)8(5)9(10)7(3)4/h6-9H,10H2,1-5H3. The van der Waals surface area contributed by atoms with E-state index < -0.39 is 0 Å². The van der Waals surface area contributed by atoms with Crippen molar-refractivity contribution in [1.82, 2.24) is 0 Å². The molecule has 10 heavy (non-hydrogen) atoms. The Balaban J connectivity index is 3.81. The third kappa shape index (κ3) is 2.70. The molecule has 0 aromatic heterocycles. The van der Waals surface area contributed by atoms with E-state index in [1.165, 1.54) is 0 Å². The molecule has 1 nitrogen and oxygen atoms in total. The molecule has 0 radical (unpaired) electrons. The second-order valence-electron chi connectivity index (χ2n) is 3.92. The smallest absolute Gasteiger partial charge is 0.00901 e. The summed E-state index contributed by atoms with van der Waals surface area (Å²) in [5.41, 5.74) is 5.96. The van der Waals surface area contributed by atoms with Gasteiger partial charge >= 0.3 is 0 Å². The molecule has 0 fully saturated rings. The normalized spacial score (nSPS) is 18.0. The van der Waals surface area contributed by atoms with Gasteiger partial charge in [0.2, 0.25) is 0 Å². The van der Waals surface area contributed by atoms with Crippen LogP contribution >= 0.6 is 0 Å². The molecule has 0 aromatic carbocycles. The molecule has 1 heteroatoms. The molecule has 0 aliphatic carbocycles. The van der Waals surface area contributed by atoms with Crippen molar-refractivity contribution in [2.75, 3.05) is 0 Å². The van der Waals surface area contributed by atoms with Crippen LogP contribution in [0.15, 0.2) is 0 Å². The summed E-state index contributed by atoms with van der Waals surface area (Å²) in [5.74, 6) is 1.95. The molecular formula is C9H21N. The van der Waals surface area contributed by atoms with E-state index >= 15 is 0 Å². The Morgan fingerprint density at radius 2 is 1.20 bits per heavy atom. The maximum absolute atomic E-state index is 5.96. The minimum Gasteiger partial charge on any atom is -0.327 e. The zero-order valence-corrected chi connectivity index (χ0v) is 7.89. The van der Waals surface area contributed by atoms with Crippen molar-refractivity contribution in [3.05, 3.63) is 0 Å². The fraction of sp³-hybridized carbons (Fsp3) is 1.00. The van der Waals surface area contributed by atoms with E-state index in [9.17, 15) is 0 Å². The molecule has 2 unspecified atom stereocenters. The van der Waals surface area contributed by atoms with Crippen LogP contribution in [-0.2, 0) is 0 Å².